The van der Waals surface area contributed by atoms with Gasteiger partial charge in [-0.05, 0) is 36.7 Å². The highest BCUT2D eigenvalue weighted by Crippen LogP contribution is 2.32. The lowest BCUT2D eigenvalue weighted by Crippen LogP contribution is -2.21. The summed E-state index contributed by atoms with van der Waals surface area (Å²) in [6.45, 7) is 5.61. The quantitative estimate of drug-likeness (QED) is 0.656. The summed E-state index contributed by atoms with van der Waals surface area (Å²) in [6.07, 6.45) is 8.46. The van der Waals surface area contributed by atoms with Crippen molar-refractivity contribution >= 4 is 0 Å². The number of hydrogen-bond acceptors (Lipinski definition) is 2. The van der Waals surface area contributed by atoms with Crippen molar-refractivity contribution in [3.8, 4) is 0 Å². The van der Waals surface area contributed by atoms with Crippen LogP contribution in [0.3, 0.4) is 0 Å². The van der Waals surface area contributed by atoms with E-state index in [1.54, 1.807) is 11.1 Å². The van der Waals surface area contributed by atoms with Gasteiger partial charge in [0.15, 0.2) is 0 Å². The van der Waals surface area contributed by atoms with Gasteiger partial charge in [-0.25, -0.2) is 5.43 Å². The van der Waals surface area contributed by atoms with E-state index in [-0.39, 0.29) is 0 Å². The van der Waals surface area contributed by atoms with Crippen molar-refractivity contribution in [2.45, 2.75) is 33.1 Å². The van der Waals surface area contributed by atoms with Crippen molar-refractivity contribution in [1.82, 2.24) is 10.9 Å². The summed E-state index contributed by atoms with van der Waals surface area (Å²) in [5.41, 5.74) is 9.41. The van der Waals surface area contributed by atoms with E-state index < -0.39 is 0 Å². The van der Waals surface area contributed by atoms with E-state index >= 15 is 0 Å². The van der Waals surface area contributed by atoms with Gasteiger partial charge < -0.3 is 5.43 Å². The van der Waals surface area contributed by atoms with Crippen LogP contribution >= 0.6 is 0 Å². The molecule has 0 aromatic heterocycles. The summed E-state index contributed by atoms with van der Waals surface area (Å²) < 4.78 is 0. The Kier molecular flexibility index (Phi) is 2.92. The highest BCUT2D eigenvalue weighted by atomic mass is 15.4. The second-order valence-corrected chi connectivity index (χ2v) is 4.62. The maximum atomic E-state index is 3.14. The van der Waals surface area contributed by atoms with E-state index in [1.807, 2.05) is 0 Å². The number of nitrogens with one attached hydrogen (secondary N) is 2. The Bertz CT molecular complexity index is 263. The van der Waals surface area contributed by atoms with E-state index in [2.05, 4.69) is 37.0 Å². The Morgan fingerprint density at radius 1 is 1.43 bits per heavy atom. The van der Waals surface area contributed by atoms with E-state index in [9.17, 15) is 0 Å². The third-order valence-electron chi connectivity index (χ3n) is 3.36. The molecule has 0 saturated carbocycles. The standard InChI is InChI=1S/C12H20N2/c1-9(2)10-3-5-11(6-4-10)12-7-13-14-8-12/h3,7,9,11,13-14H,4-6,8H2,1-2H3. The average molecular weight is 192 g/mol. The Labute approximate surface area is 86.4 Å². The fourth-order valence-corrected chi connectivity index (χ4v) is 2.33. The molecule has 0 fully saturated rings. The molecule has 14 heavy (non-hydrogen) atoms. The van der Waals surface area contributed by atoms with Crippen LogP contribution in [-0.4, -0.2) is 6.54 Å². The largest absolute Gasteiger partial charge is 0.328 e. The first-order valence-electron chi connectivity index (χ1n) is 5.63. The molecule has 1 unspecified atom stereocenters. The van der Waals surface area contributed by atoms with Gasteiger partial charge in [0.25, 0.3) is 0 Å². The Balaban J connectivity index is 1.95. The molecule has 0 saturated heterocycles. The summed E-state index contributed by atoms with van der Waals surface area (Å²) in [6, 6.07) is 0. The predicted molar refractivity (Wildman–Crippen MR) is 59.5 cm³/mol. The molecule has 0 amide bonds. The maximum Gasteiger partial charge on any atom is 0.0378 e. The van der Waals surface area contributed by atoms with Gasteiger partial charge in [0.2, 0.25) is 0 Å². The van der Waals surface area contributed by atoms with Gasteiger partial charge >= 0.3 is 0 Å². The lowest BCUT2D eigenvalue weighted by Gasteiger charge is -2.24. The number of rotatable bonds is 2. The second kappa shape index (κ2) is 4.18. The minimum absolute atomic E-state index is 0.741. The fraction of sp³-hybridized carbons (Fsp3) is 0.667. The molecule has 1 aliphatic carbocycles. The Morgan fingerprint density at radius 3 is 2.79 bits per heavy atom. The lowest BCUT2D eigenvalue weighted by molar-refractivity contribution is 0.504. The van der Waals surface area contributed by atoms with Crippen molar-refractivity contribution in [2.75, 3.05) is 6.54 Å². The molecule has 0 bridgehead atoms. The van der Waals surface area contributed by atoms with Crippen LogP contribution in [0.2, 0.25) is 0 Å². The zero-order chi connectivity index (χ0) is 9.97. The maximum absolute atomic E-state index is 3.14. The van der Waals surface area contributed by atoms with Gasteiger partial charge in [0.05, 0.1) is 0 Å². The third-order valence-corrected chi connectivity index (χ3v) is 3.36. The van der Waals surface area contributed by atoms with Crippen molar-refractivity contribution in [1.29, 1.82) is 0 Å². The van der Waals surface area contributed by atoms with E-state index in [4.69, 9.17) is 0 Å². The van der Waals surface area contributed by atoms with Crippen LogP contribution in [0.1, 0.15) is 33.1 Å². The number of hydrogen-bond donors (Lipinski definition) is 2. The first-order valence-corrected chi connectivity index (χ1v) is 5.63. The summed E-state index contributed by atoms with van der Waals surface area (Å²) in [7, 11) is 0. The van der Waals surface area contributed by atoms with Gasteiger partial charge in [-0.3, -0.25) is 0 Å². The molecule has 0 radical (unpaired) electrons. The molecule has 1 aliphatic heterocycles. The zero-order valence-electron chi connectivity index (χ0n) is 9.14. The summed E-state index contributed by atoms with van der Waals surface area (Å²) >= 11 is 0. The minimum Gasteiger partial charge on any atom is -0.328 e. The van der Waals surface area contributed by atoms with Gasteiger partial charge in [-0.2, -0.15) is 0 Å². The normalized spacial score (nSPS) is 27.2. The zero-order valence-corrected chi connectivity index (χ0v) is 9.14. The van der Waals surface area contributed by atoms with Crippen LogP contribution in [0, 0.1) is 11.8 Å². The van der Waals surface area contributed by atoms with E-state index in [0.29, 0.717) is 0 Å². The summed E-state index contributed by atoms with van der Waals surface area (Å²) in [4.78, 5) is 0. The molecule has 1 heterocycles. The van der Waals surface area contributed by atoms with E-state index in [0.717, 1.165) is 18.4 Å². The van der Waals surface area contributed by atoms with Crippen LogP contribution in [0.4, 0.5) is 0 Å². The molecule has 1 atom stereocenters. The molecule has 0 aromatic rings. The summed E-state index contributed by atoms with van der Waals surface area (Å²) in [5.74, 6) is 1.52. The van der Waals surface area contributed by atoms with Gasteiger partial charge in [0.1, 0.15) is 0 Å². The monoisotopic (exact) mass is 192 g/mol. The predicted octanol–water partition coefficient (Wildman–Crippen LogP) is 2.36. The molecule has 0 spiro atoms. The molecule has 0 aromatic carbocycles. The van der Waals surface area contributed by atoms with Crippen LogP contribution in [0.25, 0.3) is 0 Å². The molecule has 78 valence electrons. The smallest absolute Gasteiger partial charge is 0.0378 e. The Morgan fingerprint density at radius 2 is 2.29 bits per heavy atom. The highest BCUT2D eigenvalue weighted by Gasteiger charge is 2.20. The van der Waals surface area contributed by atoms with Crippen LogP contribution < -0.4 is 10.9 Å². The second-order valence-electron chi connectivity index (χ2n) is 4.62. The Hall–Kier alpha value is -0.760. The SMILES string of the molecule is CC(C)C1=CCC(C2=CNNC2)CC1. The van der Waals surface area contributed by atoms with Crippen molar-refractivity contribution < 1.29 is 0 Å². The molecular weight excluding hydrogens is 172 g/mol. The van der Waals surface area contributed by atoms with Crippen molar-refractivity contribution in [2.24, 2.45) is 11.8 Å². The van der Waals surface area contributed by atoms with Crippen molar-refractivity contribution in [3.05, 3.63) is 23.4 Å². The molecule has 2 heteroatoms. The van der Waals surface area contributed by atoms with Crippen LogP contribution in [-0.2, 0) is 0 Å². The molecular formula is C12H20N2. The summed E-state index contributed by atoms with van der Waals surface area (Å²) in [5, 5.41) is 0. The van der Waals surface area contributed by atoms with Crippen molar-refractivity contribution in [3.63, 3.8) is 0 Å². The lowest BCUT2D eigenvalue weighted by atomic mass is 9.82. The molecule has 2 aliphatic rings. The van der Waals surface area contributed by atoms with Crippen LogP contribution in [0.15, 0.2) is 23.4 Å². The number of allylic oxidation sites excluding steroid dienone is 2. The molecule has 2 rings (SSSR count). The topological polar surface area (TPSA) is 24.1 Å². The minimum atomic E-state index is 0.741. The first kappa shape index (κ1) is 9.78. The van der Waals surface area contributed by atoms with Crippen LogP contribution in [0.5, 0.6) is 0 Å². The molecule has 2 nitrogen and oxygen atoms in total. The van der Waals surface area contributed by atoms with Gasteiger partial charge in [0, 0.05) is 12.7 Å². The first-order chi connectivity index (χ1) is 6.77. The van der Waals surface area contributed by atoms with E-state index in [1.165, 1.54) is 19.3 Å². The third kappa shape index (κ3) is 2.01. The van der Waals surface area contributed by atoms with Gasteiger partial charge in [-0.1, -0.05) is 25.5 Å². The fourth-order valence-electron chi connectivity index (χ4n) is 2.33. The average Bonchev–Trinajstić information content (AvgIpc) is 2.71. The number of hydrazine groups is 1. The molecule has 2 N–H and O–H groups in total. The highest BCUT2D eigenvalue weighted by molar-refractivity contribution is 5.18. The van der Waals surface area contributed by atoms with Gasteiger partial charge in [-0.15, -0.1) is 0 Å².